The van der Waals surface area contributed by atoms with E-state index in [2.05, 4.69) is 4.74 Å². The summed E-state index contributed by atoms with van der Waals surface area (Å²) in [5.74, 6) is -2.03. The molecule has 0 heterocycles. The van der Waals surface area contributed by atoms with E-state index in [4.69, 9.17) is 9.05 Å². The minimum atomic E-state index is -4.83. The maximum absolute atomic E-state index is 16.1. The third kappa shape index (κ3) is 4.34. The van der Waals surface area contributed by atoms with Gasteiger partial charge in [-0.2, -0.15) is 0 Å². The van der Waals surface area contributed by atoms with Gasteiger partial charge in [0, 0.05) is 6.42 Å². The van der Waals surface area contributed by atoms with Crippen LogP contribution in [0.1, 0.15) is 27.2 Å². The van der Waals surface area contributed by atoms with E-state index in [1.54, 1.807) is 6.07 Å². The molecular weight excluding hydrogens is 386 g/mol. The highest BCUT2D eigenvalue weighted by Gasteiger charge is 2.63. The molecule has 2 unspecified atom stereocenters. The molecule has 0 spiro atoms. The second-order valence-electron chi connectivity index (χ2n) is 5.47. The lowest BCUT2D eigenvalue weighted by molar-refractivity contribution is -0.145. The summed E-state index contributed by atoms with van der Waals surface area (Å²) in [5, 5.41) is 0. The molecule has 0 fully saturated rings. The highest BCUT2D eigenvalue weighted by atomic mass is 32.2. The monoisotopic (exact) mass is 410 g/mol. The predicted octanol–water partition coefficient (Wildman–Crippen LogP) is 3.55. The Morgan fingerprint density at radius 3 is 2.12 bits per heavy atom. The van der Waals surface area contributed by atoms with Crippen molar-refractivity contribution < 1.29 is 36.0 Å². The van der Waals surface area contributed by atoms with Gasteiger partial charge in [0.25, 0.3) is 0 Å². The molecule has 0 amide bonds. The fourth-order valence-corrected chi connectivity index (χ4v) is 7.17. The number of benzene rings is 1. The number of hydrogen-bond donors (Lipinski definition) is 0. The molecule has 1 aromatic rings. The van der Waals surface area contributed by atoms with Crippen LogP contribution in [-0.2, 0) is 33.0 Å². The van der Waals surface area contributed by atoms with Crippen LogP contribution in [0.15, 0.2) is 35.2 Å². The zero-order valence-electron chi connectivity index (χ0n) is 15.2. The molecule has 0 aromatic heterocycles. The quantitative estimate of drug-likeness (QED) is 0.430. The van der Waals surface area contributed by atoms with Crippen LogP contribution in [0.5, 0.6) is 0 Å². The lowest BCUT2D eigenvalue weighted by Crippen LogP contribution is -2.39. The summed E-state index contributed by atoms with van der Waals surface area (Å²) in [4.78, 5) is 11.4. The van der Waals surface area contributed by atoms with Crippen molar-refractivity contribution >= 4 is 23.4 Å². The lowest BCUT2D eigenvalue weighted by atomic mass is 10.1. The van der Waals surface area contributed by atoms with Gasteiger partial charge in [-0.3, -0.25) is 9.36 Å². The van der Waals surface area contributed by atoms with Crippen LogP contribution in [0.3, 0.4) is 0 Å². The van der Waals surface area contributed by atoms with Crippen molar-refractivity contribution in [3.63, 3.8) is 0 Å². The number of esters is 1. The van der Waals surface area contributed by atoms with Gasteiger partial charge in [0.1, 0.15) is 0 Å². The zero-order chi connectivity index (χ0) is 20.0. The normalized spacial score (nSPS) is 15.9. The van der Waals surface area contributed by atoms with Crippen molar-refractivity contribution in [1.29, 1.82) is 0 Å². The highest BCUT2D eigenvalue weighted by molar-refractivity contribution is 7.99. The molecule has 1 aromatic carbocycles. The number of carbonyl (C=O) groups is 1. The molecular formula is C16H24FO7PS. The van der Waals surface area contributed by atoms with Crippen LogP contribution in [0.4, 0.5) is 4.39 Å². The Morgan fingerprint density at radius 1 is 1.19 bits per heavy atom. The van der Waals surface area contributed by atoms with Crippen molar-refractivity contribution in [2.45, 2.75) is 36.8 Å². The first-order valence-electron chi connectivity index (χ1n) is 8.05. The average molecular weight is 410 g/mol. The number of methoxy groups -OCH3 is 1. The lowest BCUT2D eigenvalue weighted by Gasteiger charge is -2.33. The Kier molecular flexibility index (Phi) is 7.95. The van der Waals surface area contributed by atoms with E-state index in [0.29, 0.717) is 0 Å². The van der Waals surface area contributed by atoms with Crippen LogP contribution >= 0.6 is 7.60 Å². The van der Waals surface area contributed by atoms with Crippen LogP contribution in [0, 0.1) is 5.92 Å². The SMILES string of the molecule is CCOP(=O)(OCC)C(F)(CC(C)C(=O)OC)S(=O)(=O)c1ccccc1. The molecule has 10 heteroatoms. The van der Waals surface area contributed by atoms with E-state index in [1.165, 1.54) is 45.0 Å². The van der Waals surface area contributed by atoms with Crippen molar-refractivity contribution in [1.82, 2.24) is 0 Å². The molecule has 0 bridgehead atoms. The Labute approximate surface area is 153 Å². The number of sulfone groups is 1. The molecule has 0 aliphatic rings. The Bertz CT molecular complexity index is 743. The number of carbonyl (C=O) groups excluding carboxylic acids is 1. The van der Waals surface area contributed by atoms with Crippen molar-refractivity contribution in [3.05, 3.63) is 30.3 Å². The average Bonchev–Trinajstić information content (AvgIpc) is 2.61. The van der Waals surface area contributed by atoms with Crippen LogP contribution < -0.4 is 0 Å². The van der Waals surface area contributed by atoms with Gasteiger partial charge in [-0.1, -0.05) is 25.1 Å². The highest BCUT2D eigenvalue weighted by Crippen LogP contribution is 2.66. The summed E-state index contributed by atoms with van der Waals surface area (Å²) < 4.78 is 66.4. The van der Waals surface area contributed by atoms with Crippen LogP contribution in [-0.4, -0.2) is 39.5 Å². The van der Waals surface area contributed by atoms with Crippen molar-refractivity contribution in [3.8, 4) is 0 Å². The van der Waals surface area contributed by atoms with E-state index < -0.39 is 40.5 Å². The summed E-state index contributed by atoms with van der Waals surface area (Å²) in [7, 11) is -8.53. The van der Waals surface area contributed by atoms with Gasteiger partial charge >= 0.3 is 18.3 Å². The second-order valence-corrected chi connectivity index (χ2v) is 10.1. The van der Waals surface area contributed by atoms with E-state index >= 15 is 4.39 Å². The first kappa shape index (κ1) is 22.8. The largest absolute Gasteiger partial charge is 0.469 e. The first-order valence-corrected chi connectivity index (χ1v) is 11.1. The summed E-state index contributed by atoms with van der Waals surface area (Å²) in [5.41, 5.74) is 0. The molecule has 7 nitrogen and oxygen atoms in total. The molecule has 1 rings (SSSR count). The summed E-state index contributed by atoms with van der Waals surface area (Å²) >= 11 is 0. The molecule has 26 heavy (non-hydrogen) atoms. The topological polar surface area (TPSA) is 96.0 Å². The van der Waals surface area contributed by atoms with Gasteiger partial charge in [-0.25, -0.2) is 12.8 Å². The number of alkyl halides is 1. The third-order valence-electron chi connectivity index (χ3n) is 3.63. The van der Waals surface area contributed by atoms with Gasteiger partial charge in [-0.15, -0.1) is 0 Å². The zero-order valence-corrected chi connectivity index (χ0v) is 16.9. The second kappa shape index (κ2) is 9.08. The Hall–Kier alpha value is -1.28. The van der Waals surface area contributed by atoms with Gasteiger partial charge in [0.05, 0.1) is 31.1 Å². The summed E-state index contributed by atoms with van der Waals surface area (Å²) in [6.45, 7) is 3.68. The number of halogens is 1. The summed E-state index contributed by atoms with van der Waals surface area (Å²) in [6.07, 6.45) is -0.936. The van der Waals surface area contributed by atoms with E-state index in [1.807, 2.05) is 0 Å². The third-order valence-corrected chi connectivity index (χ3v) is 9.11. The number of ether oxygens (including phenoxy) is 1. The molecule has 148 valence electrons. The molecule has 0 saturated carbocycles. The van der Waals surface area contributed by atoms with E-state index in [9.17, 15) is 17.8 Å². The minimum absolute atomic E-state index is 0.236. The Balaban J connectivity index is 3.61. The number of rotatable bonds is 10. The molecule has 0 radical (unpaired) electrons. The first-order chi connectivity index (χ1) is 12.1. The maximum atomic E-state index is 16.1. The van der Waals surface area contributed by atoms with Gasteiger partial charge < -0.3 is 13.8 Å². The standard InChI is InChI=1S/C16H24FO7PS/c1-5-23-25(19,24-6-2)16(17,12-13(3)15(18)22-4)26(20,21)14-10-8-7-9-11-14/h7-11,13H,5-6,12H2,1-4H3. The fraction of sp³-hybridized carbons (Fsp3) is 0.562. The fourth-order valence-electron chi connectivity index (χ4n) is 2.38. The van der Waals surface area contributed by atoms with Gasteiger partial charge in [-0.05, 0) is 26.0 Å². The number of hydrogen-bond acceptors (Lipinski definition) is 7. The molecule has 2 atom stereocenters. The van der Waals surface area contributed by atoms with E-state index in [0.717, 1.165) is 7.11 Å². The smallest absolute Gasteiger partial charge is 0.383 e. The van der Waals surface area contributed by atoms with Gasteiger partial charge in [0.2, 0.25) is 9.84 Å². The predicted molar refractivity (Wildman–Crippen MR) is 94.1 cm³/mol. The Morgan fingerprint density at radius 2 is 1.69 bits per heavy atom. The molecule has 0 N–H and O–H groups in total. The van der Waals surface area contributed by atoms with Crippen LogP contribution in [0.2, 0.25) is 0 Å². The van der Waals surface area contributed by atoms with E-state index in [-0.39, 0.29) is 18.1 Å². The van der Waals surface area contributed by atoms with Gasteiger partial charge in [0.15, 0.2) is 0 Å². The van der Waals surface area contributed by atoms with Crippen LogP contribution in [0.25, 0.3) is 0 Å². The van der Waals surface area contributed by atoms with Crippen molar-refractivity contribution in [2.75, 3.05) is 20.3 Å². The maximum Gasteiger partial charge on any atom is 0.383 e. The molecule has 0 aliphatic heterocycles. The molecule has 0 aliphatic carbocycles. The molecule has 0 saturated heterocycles. The van der Waals surface area contributed by atoms with Crippen molar-refractivity contribution in [2.24, 2.45) is 5.92 Å². The minimum Gasteiger partial charge on any atom is -0.469 e. The summed E-state index contributed by atoms with van der Waals surface area (Å²) in [6, 6.07) is 6.72.